The number of benzene rings is 1. The van der Waals surface area contributed by atoms with E-state index in [9.17, 15) is 4.79 Å². The third-order valence-electron chi connectivity index (χ3n) is 4.66. The Bertz CT molecular complexity index is 525. The van der Waals surface area contributed by atoms with Crippen LogP contribution in [0.4, 0.5) is 0 Å². The van der Waals surface area contributed by atoms with Gasteiger partial charge < -0.3 is 15.0 Å². The number of rotatable bonds is 4. The molecule has 1 aromatic carbocycles. The number of carbonyl (C=O) groups excluding carboxylic acids is 1. The molecular formula is C17H24N2O2. The molecule has 21 heavy (non-hydrogen) atoms. The van der Waals surface area contributed by atoms with Crippen molar-refractivity contribution in [1.29, 1.82) is 0 Å². The summed E-state index contributed by atoms with van der Waals surface area (Å²) >= 11 is 0. The Labute approximate surface area is 126 Å². The molecule has 2 saturated heterocycles. The first-order valence-corrected chi connectivity index (χ1v) is 7.79. The van der Waals surface area contributed by atoms with E-state index in [1.807, 2.05) is 11.0 Å². The summed E-state index contributed by atoms with van der Waals surface area (Å²) in [7, 11) is 0. The lowest BCUT2D eigenvalue weighted by atomic mass is 9.99. The summed E-state index contributed by atoms with van der Waals surface area (Å²) in [4.78, 5) is 14.5. The molecule has 0 radical (unpaired) electrons. The monoisotopic (exact) mass is 288 g/mol. The molecule has 4 nitrogen and oxygen atoms in total. The molecule has 4 heteroatoms. The topological polar surface area (TPSA) is 41.6 Å². The number of hydrogen-bond donors (Lipinski definition) is 1. The van der Waals surface area contributed by atoms with Crippen molar-refractivity contribution < 1.29 is 9.53 Å². The molecule has 1 atom stereocenters. The third-order valence-corrected chi connectivity index (χ3v) is 4.66. The van der Waals surface area contributed by atoms with Crippen molar-refractivity contribution in [2.24, 2.45) is 0 Å². The van der Waals surface area contributed by atoms with E-state index in [1.54, 1.807) is 0 Å². The number of likely N-dealkylation sites (tertiary alicyclic amines) is 1. The Morgan fingerprint density at radius 2 is 2.19 bits per heavy atom. The van der Waals surface area contributed by atoms with Gasteiger partial charge in [-0.3, -0.25) is 4.79 Å². The molecule has 3 rings (SSSR count). The lowest BCUT2D eigenvalue weighted by Gasteiger charge is -2.39. The zero-order valence-corrected chi connectivity index (χ0v) is 12.9. The number of amides is 1. The Morgan fingerprint density at radius 1 is 1.43 bits per heavy atom. The predicted molar refractivity (Wildman–Crippen MR) is 82.1 cm³/mol. The van der Waals surface area contributed by atoms with Crippen LogP contribution < -0.4 is 5.32 Å². The van der Waals surface area contributed by atoms with E-state index in [0.717, 1.165) is 32.5 Å². The maximum atomic E-state index is 12.5. The van der Waals surface area contributed by atoms with Crippen molar-refractivity contribution >= 4 is 5.91 Å². The van der Waals surface area contributed by atoms with Crippen LogP contribution >= 0.6 is 0 Å². The summed E-state index contributed by atoms with van der Waals surface area (Å²) < 4.78 is 5.80. The van der Waals surface area contributed by atoms with Crippen LogP contribution in [0.1, 0.15) is 36.9 Å². The van der Waals surface area contributed by atoms with Gasteiger partial charge in [0, 0.05) is 19.6 Å². The standard InChI is InChI=1S/C17H24N2O2/c1-13-6-3-4-7-14(13)15-8-5-9-19(15)16(20)10-21-17(2)11-18-12-17/h3-4,6-7,15,18H,5,8-12H2,1-2H3. The number of aryl methyl sites for hydroxylation is 1. The molecule has 0 aliphatic carbocycles. The number of ether oxygens (including phenoxy) is 1. The van der Waals surface area contributed by atoms with Crippen molar-refractivity contribution in [3.63, 3.8) is 0 Å². The molecule has 114 valence electrons. The fourth-order valence-corrected chi connectivity index (χ4v) is 3.25. The fraction of sp³-hybridized carbons (Fsp3) is 0.588. The van der Waals surface area contributed by atoms with E-state index in [0.29, 0.717) is 0 Å². The van der Waals surface area contributed by atoms with Gasteiger partial charge >= 0.3 is 0 Å². The van der Waals surface area contributed by atoms with Gasteiger partial charge in [0.2, 0.25) is 5.91 Å². The highest BCUT2D eigenvalue weighted by atomic mass is 16.5. The minimum atomic E-state index is -0.159. The molecule has 1 amide bonds. The molecule has 2 fully saturated rings. The third kappa shape index (κ3) is 2.97. The molecule has 1 unspecified atom stereocenters. The fourth-order valence-electron chi connectivity index (χ4n) is 3.25. The van der Waals surface area contributed by atoms with E-state index >= 15 is 0 Å². The van der Waals surface area contributed by atoms with Gasteiger partial charge in [-0.2, -0.15) is 0 Å². The second-order valence-corrected chi connectivity index (χ2v) is 6.44. The van der Waals surface area contributed by atoms with Crippen molar-refractivity contribution in [3.05, 3.63) is 35.4 Å². The van der Waals surface area contributed by atoms with Crippen LogP contribution in [0, 0.1) is 6.92 Å². The summed E-state index contributed by atoms with van der Waals surface area (Å²) in [6.07, 6.45) is 2.12. The van der Waals surface area contributed by atoms with Gasteiger partial charge in [0.15, 0.2) is 0 Å². The Kier molecular flexibility index (Phi) is 4.00. The largest absolute Gasteiger partial charge is 0.363 e. The maximum Gasteiger partial charge on any atom is 0.249 e. The van der Waals surface area contributed by atoms with Crippen LogP contribution in [0.3, 0.4) is 0 Å². The van der Waals surface area contributed by atoms with Crippen molar-refractivity contribution in [3.8, 4) is 0 Å². The number of nitrogens with zero attached hydrogens (tertiary/aromatic N) is 1. The Morgan fingerprint density at radius 3 is 2.86 bits per heavy atom. The van der Waals surface area contributed by atoms with E-state index in [2.05, 4.69) is 37.4 Å². The van der Waals surface area contributed by atoms with Crippen LogP contribution in [0.5, 0.6) is 0 Å². The summed E-state index contributed by atoms with van der Waals surface area (Å²) in [5.74, 6) is 0.119. The van der Waals surface area contributed by atoms with Gasteiger partial charge in [-0.15, -0.1) is 0 Å². The molecule has 2 aliphatic heterocycles. The minimum Gasteiger partial charge on any atom is -0.363 e. The van der Waals surface area contributed by atoms with E-state index in [1.165, 1.54) is 11.1 Å². The zero-order chi connectivity index (χ0) is 14.9. The predicted octanol–water partition coefficient (Wildman–Crippen LogP) is 2.04. The minimum absolute atomic E-state index is 0.119. The second kappa shape index (κ2) is 5.78. The number of nitrogens with one attached hydrogen (secondary N) is 1. The van der Waals surface area contributed by atoms with Gasteiger partial charge in [-0.05, 0) is 37.8 Å². The van der Waals surface area contributed by atoms with Crippen LogP contribution in [-0.4, -0.2) is 42.6 Å². The molecule has 0 saturated carbocycles. The van der Waals surface area contributed by atoms with Crippen molar-refractivity contribution in [2.45, 2.75) is 38.3 Å². The van der Waals surface area contributed by atoms with Crippen molar-refractivity contribution in [1.82, 2.24) is 10.2 Å². The lowest BCUT2D eigenvalue weighted by Crippen LogP contribution is -2.59. The van der Waals surface area contributed by atoms with Crippen LogP contribution in [0.25, 0.3) is 0 Å². The lowest BCUT2D eigenvalue weighted by molar-refractivity contribution is -0.146. The van der Waals surface area contributed by atoms with Gasteiger partial charge in [-0.25, -0.2) is 0 Å². The molecule has 1 aromatic rings. The van der Waals surface area contributed by atoms with Crippen molar-refractivity contribution in [2.75, 3.05) is 26.2 Å². The van der Waals surface area contributed by atoms with Crippen LogP contribution in [-0.2, 0) is 9.53 Å². The average molecular weight is 288 g/mol. The van der Waals surface area contributed by atoms with Crippen LogP contribution in [0.15, 0.2) is 24.3 Å². The summed E-state index contributed by atoms with van der Waals surface area (Å²) in [5.41, 5.74) is 2.38. The quantitative estimate of drug-likeness (QED) is 0.922. The molecule has 0 bridgehead atoms. The first-order valence-electron chi connectivity index (χ1n) is 7.79. The summed E-state index contributed by atoms with van der Waals surface area (Å²) in [6, 6.07) is 8.58. The van der Waals surface area contributed by atoms with E-state index < -0.39 is 0 Å². The molecule has 2 heterocycles. The first-order chi connectivity index (χ1) is 10.1. The summed E-state index contributed by atoms with van der Waals surface area (Å²) in [5, 5.41) is 3.19. The Balaban J connectivity index is 1.66. The molecule has 0 spiro atoms. The molecule has 0 aromatic heterocycles. The van der Waals surface area contributed by atoms with Gasteiger partial charge in [0.1, 0.15) is 6.61 Å². The average Bonchev–Trinajstić information content (AvgIpc) is 2.92. The highest BCUT2D eigenvalue weighted by Crippen LogP contribution is 2.33. The van der Waals surface area contributed by atoms with Crippen LogP contribution in [0.2, 0.25) is 0 Å². The maximum absolute atomic E-state index is 12.5. The molecule has 2 aliphatic rings. The SMILES string of the molecule is Cc1ccccc1C1CCCN1C(=O)COC1(C)CNC1. The smallest absolute Gasteiger partial charge is 0.249 e. The molecular weight excluding hydrogens is 264 g/mol. The number of carbonyl (C=O) groups is 1. The van der Waals surface area contributed by atoms with Gasteiger partial charge in [0.05, 0.1) is 11.6 Å². The second-order valence-electron chi connectivity index (χ2n) is 6.44. The highest BCUT2D eigenvalue weighted by molar-refractivity contribution is 5.78. The summed E-state index contributed by atoms with van der Waals surface area (Å²) in [6.45, 7) is 6.88. The highest BCUT2D eigenvalue weighted by Gasteiger charge is 2.35. The Hall–Kier alpha value is -1.39. The van der Waals surface area contributed by atoms with Gasteiger partial charge in [-0.1, -0.05) is 24.3 Å². The van der Waals surface area contributed by atoms with E-state index in [4.69, 9.17) is 4.74 Å². The van der Waals surface area contributed by atoms with E-state index in [-0.39, 0.29) is 24.2 Å². The zero-order valence-electron chi connectivity index (χ0n) is 12.9. The number of hydrogen-bond acceptors (Lipinski definition) is 3. The van der Waals surface area contributed by atoms with Gasteiger partial charge in [0.25, 0.3) is 0 Å². The first kappa shape index (κ1) is 14.5. The molecule has 1 N–H and O–H groups in total. The normalized spacial score (nSPS) is 23.9.